The highest BCUT2D eigenvalue weighted by Gasteiger charge is 2.13. The van der Waals surface area contributed by atoms with Crippen LogP contribution in [0.5, 0.6) is 0 Å². The smallest absolute Gasteiger partial charge is 0.139 e. The van der Waals surface area contributed by atoms with Crippen LogP contribution in [0.2, 0.25) is 0 Å². The van der Waals surface area contributed by atoms with Gasteiger partial charge in [-0.3, -0.25) is 0 Å². The molecule has 1 aromatic carbocycles. The van der Waals surface area contributed by atoms with Crippen LogP contribution in [0.1, 0.15) is 12.2 Å². The van der Waals surface area contributed by atoms with E-state index < -0.39 is 0 Å². The molecule has 0 atom stereocenters. The van der Waals surface area contributed by atoms with Gasteiger partial charge < -0.3 is 10.1 Å². The monoisotopic (exact) mass is 313 g/mol. The number of nitrogens with zero attached hydrogens (tertiary/aromatic N) is 2. The van der Waals surface area contributed by atoms with Gasteiger partial charge >= 0.3 is 0 Å². The van der Waals surface area contributed by atoms with Gasteiger partial charge in [-0.2, -0.15) is 0 Å². The lowest BCUT2D eigenvalue weighted by Gasteiger charge is -2.09. The molecule has 22 heavy (non-hydrogen) atoms. The van der Waals surface area contributed by atoms with Crippen LogP contribution in [0.25, 0.3) is 21.3 Å². The minimum atomic E-state index is 0.745. The van der Waals surface area contributed by atoms with Gasteiger partial charge in [0.2, 0.25) is 0 Å². The number of hydrogen-bond donors (Lipinski definition) is 1. The highest BCUT2D eigenvalue weighted by molar-refractivity contribution is 7.17. The quantitative estimate of drug-likeness (QED) is 0.696. The van der Waals surface area contributed by atoms with Crippen molar-refractivity contribution >= 4 is 27.4 Å². The topological polar surface area (TPSA) is 47.0 Å². The predicted octanol–water partition coefficient (Wildman–Crippen LogP) is 4.12. The van der Waals surface area contributed by atoms with Crippen molar-refractivity contribution in [3.8, 4) is 11.1 Å². The Kier molecular flexibility index (Phi) is 4.65. The average molecular weight is 313 g/mol. The van der Waals surface area contributed by atoms with Crippen LogP contribution in [0.15, 0.2) is 35.7 Å². The van der Waals surface area contributed by atoms with Crippen molar-refractivity contribution in [1.82, 2.24) is 9.97 Å². The molecule has 1 N–H and O–H groups in total. The number of ether oxygens (including phenoxy) is 1. The van der Waals surface area contributed by atoms with Crippen LogP contribution < -0.4 is 5.32 Å². The van der Waals surface area contributed by atoms with Gasteiger partial charge in [-0.25, -0.2) is 9.97 Å². The van der Waals surface area contributed by atoms with E-state index in [9.17, 15) is 0 Å². The summed E-state index contributed by atoms with van der Waals surface area (Å²) in [6.07, 6.45) is 0.950. The molecule has 0 spiro atoms. The Bertz CT molecular complexity index is 755. The third kappa shape index (κ3) is 3.10. The second-order valence-electron chi connectivity index (χ2n) is 5.09. The number of hydrogen-bond acceptors (Lipinski definition) is 5. The summed E-state index contributed by atoms with van der Waals surface area (Å²) in [7, 11) is 1.72. The number of methoxy groups -OCH3 is 1. The number of fused-ring (bicyclic) bond motifs is 1. The molecule has 0 unspecified atom stereocenters. The summed E-state index contributed by atoms with van der Waals surface area (Å²) in [6, 6.07) is 10.4. The SMILES string of the molecule is COCCCNc1nc(C)nc2scc(-c3ccccc3)c12. The van der Waals surface area contributed by atoms with Crippen molar-refractivity contribution < 1.29 is 4.74 Å². The number of aromatic nitrogens is 2. The lowest BCUT2D eigenvalue weighted by Crippen LogP contribution is -2.07. The van der Waals surface area contributed by atoms with E-state index in [1.807, 2.05) is 13.0 Å². The lowest BCUT2D eigenvalue weighted by atomic mass is 10.1. The van der Waals surface area contributed by atoms with Crippen LogP contribution in [0, 0.1) is 6.92 Å². The van der Waals surface area contributed by atoms with Crippen LogP contribution in [0.4, 0.5) is 5.82 Å². The maximum absolute atomic E-state index is 5.10. The predicted molar refractivity (Wildman–Crippen MR) is 92.6 cm³/mol. The van der Waals surface area contributed by atoms with Crippen molar-refractivity contribution in [1.29, 1.82) is 0 Å². The third-order valence-corrected chi connectivity index (χ3v) is 4.32. The molecule has 3 rings (SSSR count). The van der Waals surface area contributed by atoms with E-state index in [-0.39, 0.29) is 0 Å². The zero-order valence-electron chi connectivity index (χ0n) is 12.8. The van der Waals surface area contributed by atoms with Gasteiger partial charge in [-0.1, -0.05) is 30.3 Å². The first kappa shape index (κ1) is 14.9. The Balaban J connectivity index is 2.00. The summed E-state index contributed by atoms with van der Waals surface area (Å²) in [5.74, 6) is 1.71. The molecule has 0 saturated carbocycles. The number of benzene rings is 1. The number of nitrogens with one attached hydrogen (secondary N) is 1. The maximum atomic E-state index is 5.10. The number of aryl methyl sites for hydroxylation is 1. The fraction of sp³-hybridized carbons (Fsp3) is 0.294. The largest absolute Gasteiger partial charge is 0.385 e. The molecule has 0 amide bonds. The Labute approximate surface area is 134 Å². The summed E-state index contributed by atoms with van der Waals surface area (Å²) in [6.45, 7) is 3.51. The first-order valence-corrected chi connectivity index (χ1v) is 8.21. The van der Waals surface area contributed by atoms with Crippen molar-refractivity contribution in [3.63, 3.8) is 0 Å². The van der Waals surface area contributed by atoms with E-state index >= 15 is 0 Å². The second-order valence-corrected chi connectivity index (χ2v) is 5.95. The zero-order chi connectivity index (χ0) is 15.4. The van der Waals surface area contributed by atoms with Gasteiger partial charge in [0.15, 0.2) is 0 Å². The molecule has 2 heterocycles. The molecule has 114 valence electrons. The molecule has 0 bridgehead atoms. The summed E-state index contributed by atoms with van der Waals surface area (Å²) in [4.78, 5) is 10.2. The van der Waals surface area contributed by atoms with E-state index in [0.717, 1.165) is 41.4 Å². The Hall–Kier alpha value is -1.98. The average Bonchev–Trinajstić information content (AvgIpc) is 2.96. The highest BCUT2D eigenvalue weighted by Crippen LogP contribution is 2.36. The van der Waals surface area contributed by atoms with Gasteiger partial charge in [0.1, 0.15) is 16.5 Å². The van der Waals surface area contributed by atoms with E-state index in [0.29, 0.717) is 0 Å². The maximum Gasteiger partial charge on any atom is 0.139 e. The first-order valence-electron chi connectivity index (χ1n) is 7.33. The van der Waals surface area contributed by atoms with Gasteiger partial charge in [0.05, 0.1) is 5.39 Å². The van der Waals surface area contributed by atoms with Crippen molar-refractivity contribution in [2.45, 2.75) is 13.3 Å². The zero-order valence-corrected chi connectivity index (χ0v) is 13.6. The number of anilines is 1. The lowest BCUT2D eigenvalue weighted by molar-refractivity contribution is 0.198. The number of thiophene rings is 1. The summed E-state index contributed by atoms with van der Waals surface area (Å²) < 4.78 is 5.10. The molecule has 0 aliphatic rings. The third-order valence-electron chi connectivity index (χ3n) is 3.45. The van der Waals surface area contributed by atoms with Gasteiger partial charge in [-0.15, -0.1) is 11.3 Å². The fourth-order valence-corrected chi connectivity index (χ4v) is 3.42. The molecular weight excluding hydrogens is 294 g/mol. The normalized spacial score (nSPS) is 11.0. The van der Waals surface area contributed by atoms with Gasteiger partial charge in [0, 0.05) is 31.2 Å². The minimum absolute atomic E-state index is 0.745. The Morgan fingerprint density at radius 3 is 2.77 bits per heavy atom. The molecular formula is C17H19N3OS. The van der Waals surface area contributed by atoms with Crippen molar-refractivity contribution in [2.75, 3.05) is 25.6 Å². The number of rotatable bonds is 6. The Morgan fingerprint density at radius 1 is 1.18 bits per heavy atom. The van der Waals surface area contributed by atoms with Gasteiger partial charge in [0.25, 0.3) is 0 Å². The van der Waals surface area contributed by atoms with Crippen LogP contribution in [0.3, 0.4) is 0 Å². The molecule has 0 fully saturated rings. The molecule has 0 aliphatic heterocycles. The summed E-state index contributed by atoms with van der Waals surface area (Å²) in [5, 5.41) is 6.71. The molecule has 5 heteroatoms. The molecule has 0 saturated heterocycles. The van der Waals surface area contributed by atoms with E-state index in [4.69, 9.17) is 4.74 Å². The van der Waals surface area contributed by atoms with Crippen molar-refractivity contribution in [2.24, 2.45) is 0 Å². The Morgan fingerprint density at radius 2 is 2.00 bits per heavy atom. The molecule has 0 radical (unpaired) electrons. The second kappa shape index (κ2) is 6.85. The standard InChI is InChI=1S/C17H19N3OS/c1-12-19-16(18-9-6-10-21-2)15-14(11-22-17(15)20-12)13-7-4-3-5-8-13/h3-5,7-8,11H,6,9-10H2,1-2H3,(H,18,19,20). The van der Waals surface area contributed by atoms with E-state index in [1.54, 1.807) is 18.4 Å². The van der Waals surface area contributed by atoms with E-state index in [1.165, 1.54) is 11.1 Å². The van der Waals surface area contributed by atoms with Crippen LogP contribution in [-0.4, -0.2) is 30.2 Å². The van der Waals surface area contributed by atoms with Crippen molar-refractivity contribution in [3.05, 3.63) is 41.5 Å². The van der Waals surface area contributed by atoms with E-state index in [2.05, 4.69) is 44.9 Å². The summed E-state index contributed by atoms with van der Waals surface area (Å²) in [5.41, 5.74) is 2.39. The summed E-state index contributed by atoms with van der Waals surface area (Å²) >= 11 is 1.67. The van der Waals surface area contributed by atoms with Crippen LogP contribution >= 0.6 is 11.3 Å². The highest BCUT2D eigenvalue weighted by atomic mass is 32.1. The van der Waals surface area contributed by atoms with Gasteiger partial charge in [-0.05, 0) is 18.9 Å². The molecule has 4 nitrogen and oxygen atoms in total. The minimum Gasteiger partial charge on any atom is -0.385 e. The van der Waals surface area contributed by atoms with Crippen LogP contribution in [-0.2, 0) is 4.74 Å². The molecule has 0 aliphatic carbocycles. The first-order chi connectivity index (χ1) is 10.8. The molecule has 3 aromatic rings. The molecule has 2 aromatic heterocycles. The fourth-order valence-electron chi connectivity index (χ4n) is 2.43.